The molecule has 0 saturated carbocycles. The Labute approximate surface area is 122 Å². The number of fused-ring (bicyclic) bond motifs is 1. The van der Waals surface area contributed by atoms with Crippen molar-refractivity contribution in [2.24, 2.45) is 0 Å². The molecule has 5 nitrogen and oxygen atoms in total. The second-order valence-electron chi connectivity index (χ2n) is 4.87. The van der Waals surface area contributed by atoms with Gasteiger partial charge in [0.2, 0.25) is 0 Å². The van der Waals surface area contributed by atoms with Crippen LogP contribution in [0.5, 0.6) is 0 Å². The van der Waals surface area contributed by atoms with Gasteiger partial charge in [-0.2, -0.15) is 0 Å². The van der Waals surface area contributed by atoms with Crippen LogP contribution in [-0.2, 0) is 23.1 Å². The van der Waals surface area contributed by atoms with Gasteiger partial charge in [0.1, 0.15) is 0 Å². The van der Waals surface area contributed by atoms with Crippen LogP contribution < -0.4 is 10.0 Å². The molecule has 2 N–H and O–H groups in total. The van der Waals surface area contributed by atoms with Crippen LogP contribution in [0.3, 0.4) is 0 Å². The highest BCUT2D eigenvalue weighted by Crippen LogP contribution is 2.28. The molecule has 1 aliphatic rings. The van der Waals surface area contributed by atoms with Gasteiger partial charge in [0, 0.05) is 18.0 Å². The molecular formula is C13H15N3O2S2. The molecule has 0 atom stereocenters. The number of aryl methyl sites for hydroxylation is 2. The summed E-state index contributed by atoms with van der Waals surface area (Å²) in [5, 5.41) is 3.62. The molecule has 0 amide bonds. The first-order valence-corrected chi connectivity index (χ1v) is 8.55. The number of anilines is 1. The lowest BCUT2D eigenvalue weighted by atomic mass is 10.2. The van der Waals surface area contributed by atoms with Crippen molar-refractivity contribution in [1.29, 1.82) is 0 Å². The molecule has 20 heavy (non-hydrogen) atoms. The molecule has 0 radical (unpaired) electrons. The van der Waals surface area contributed by atoms with Crippen LogP contribution in [0.15, 0.2) is 23.1 Å². The van der Waals surface area contributed by atoms with Crippen molar-refractivity contribution >= 4 is 26.5 Å². The molecule has 0 bridgehead atoms. The first-order chi connectivity index (χ1) is 9.45. The highest BCUT2D eigenvalue weighted by Gasteiger charge is 2.22. The maximum absolute atomic E-state index is 12.4. The van der Waals surface area contributed by atoms with Crippen molar-refractivity contribution in [3.63, 3.8) is 0 Å². The molecule has 1 aromatic carbocycles. The zero-order valence-corrected chi connectivity index (χ0v) is 12.9. The van der Waals surface area contributed by atoms with Gasteiger partial charge in [-0.3, -0.25) is 4.72 Å². The van der Waals surface area contributed by atoms with E-state index in [-0.39, 0.29) is 0 Å². The van der Waals surface area contributed by atoms with E-state index in [1.165, 1.54) is 11.3 Å². The number of sulfonamides is 1. The monoisotopic (exact) mass is 309 g/mol. The van der Waals surface area contributed by atoms with Crippen LogP contribution in [0.25, 0.3) is 0 Å². The molecule has 2 aromatic rings. The fourth-order valence-corrected chi connectivity index (χ4v) is 4.68. The summed E-state index contributed by atoms with van der Waals surface area (Å²) in [5.74, 6) is 0. The van der Waals surface area contributed by atoms with Gasteiger partial charge in [-0.15, -0.1) is 0 Å². The standard InChI is InChI=1S/C13H15N3O2S2/c1-8-3-4-9(2)12(5-8)20(17,18)16-13-15-10-6-14-7-11(10)19-13/h3-5,14H,6-7H2,1-2H3,(H,15,16). The summed E-state index contributed by atoms with van der Waals surface area (Å²) in [4.78, 5) is 5.73. The highest BCUT2D eigenvalue weighted by molar-refractivity contribution is 7.93. The number of hydrogen-bond acceptors (Lipinski definition) is 5. The highest BCUT2D eigenvalue weighted by atomic mass is 32.2. The van der Waals surface area contributed by atoms with E-state index in [2.05, 4.69) is 15.0 Å². The molecule has 0 aliphatic carbocycles. The van der Waals surface area contributed by atoms with E-state index in [1.54, 1.807) is 13.0 Å². The van der Waals surface area contributed by atoms with Crippen LogP contribution in [0.4, 0.5) is 5.13 Å². The summed E-state index contributed by atoms with van der Waals surface area (Å²) in [5.41, 5.74) is 2.59. The fourth-order valence-electron chi connectivity index (χ4n) is 2.16. The third-order valence-electron chi connectivity index (χ3n) is 3.21. The van der Waals surface area contributed by atoms with Gasteiger partial charge in [0.05, 0.1) is 10.6 Å². The van der Waals surface area contributed by atoms with Crippen molar-refractivity contribution in [2.75, 3.05) is 4.72 Å². The lowest BCUT2D eigenvalue weighted by molar-refractivity contribution is 0.600. The first kappa shape index (κ1) is 13.5. The molecule has 3 rings (SSSR count). The lowest BCUT2D eigenvalue weighted by Gasteiger charge is -2.09. The number of benzene rings is 1. The van der Waals surface area contributed by atoms with E-state index in [4.69, 9.17) is 0 Å². The van der Waals surface area contributed by atoms with Crippen LogP contribution in [0.1, 0.15) is 21.7 Å². The van der Waals surface area contributed by atoms with Crippen LogP contribution in [0.2, 0.25) is 0 Å². The van der Waals surface area contributed by atoms with E-state index in [9.17, 15) is 8.42 Å². The molecule has 2 heterocycles. The minimum Gasteiger partial charge on any atom is -0.306 e. The van der Waals surface area contributed by atoms with Gasteiger partial charge >= 0.3 is 0 Å². The maximum Gasteiger partial charge on any atom is 0.263 e. The molecule has 0 unspecified atom stereocenters. The van der Waals surface area contributed by atoms with Gasteiger partial charge in [0.15, 0.2) is 5.13 Å². The Morgan fingerprint density at radius 2 is 2.10 bits per heavy atom. The summed E-state index contributed by atoms with van der Waals surface area (Å²) < 4.78 is 27.5. The summed E-state index contributed by atoms with van der Waals surface area (Å²) in [6.45, 7) is 5.14. The topological polar surface area (TPSA) is 71.1 Å². The van der Waals surface area contributed by atoms with E-state index in [0.29, 0.717) is 16.6 Å². The van der Waals surface area contributed by atoms with E-state index < -0.39 is 10.0 Å². The number of nitrogens with one attached hydrogen (secondary N) is 2. The predicted molar refractivity (Wildman–Crippen MR) is 79.4 cm³/mol. The number of nitrogens with zero attached hydrogens (tertiary/aromatic N) is 1. The SMILES string of the molecule is Cc1ccc(C)c(S(=O)(=O)Nc2nc3c(s2)CNC3)c1. The normalized spacial score (nSPS) is 14.3. The second-order valence-corrected chi connectivity index (χ2v) is 7.60. The Bertz CT molecular complexity index is 744. The fraction of sp³-hybridized carbons (Fsp3) is 0.308. The first-order valence-electron chi connectivity index (χ1n) is 6.25. The minimum atomic E-state index is -3.58. The predicted octanol–water partition coefficient (Wildman–Crippen LogP) is 2.16. The summed E-state index contributed by atoms with van der Waals surface area (Å²) in [7, 11) is -3.58. The van der Waals surface area contributed by atoms with Gasteiger partial charge < -0.3 is 5.32 Å². The van der Waals surface area contributed by atoms with E-state index in [0.717, 1.165) is 28.2 Å². The third kappa shape index (κ3) is 2.44. The van der Waals surface area contributed by atoms with Crippen LogP contribution >= 0.6 is 11.3 Å². The Morgan fingerprint density at radius 1 is 1.30 bits per heavy atom. The Kier molecular flexibility index (Phi) is 3.27. The summed E-state index contributed by atoms with van der Waals surface area (Å²) in [6.07, 6.45) is 0. The average Bonchev–Trinajstić information content (AvgIpc) is 2.92. The molecule has 0 fully saturated rings. The van der Waals surface area contributed by atoms with Crippen LogP contribution in [-0.4, -0.2) is 13.4 Å². The van der Waals surface area contributed by atoms with Gasteiger partial charge in [-0.1, -0.05) is 23.5 Å². The maximum atomic E-state index is 12.4. The summed E-state index contributed by atoms with van der Waals surface area (Å²) in [6, 6.07) is 5.40. The number of hydrogen-bond donors (Lipinski definition) is 2. The summed E-state index contributed by atoms with van der Waals surface area (Å²) >= 11 is 1.39. The van der Waals surface area contributed by atoms with Crippen molar-refractivity contribution < 1.29 is 8.42 Å². The van der Waals surface area contributed by atoms with Crippen molar-refractivity contribution in [2.45, 2.75) is 31.8 Å². The lowest BCUT2D eigenvalue weighted by Crippen LogP contribution is -2.14. The van der Waals surface area contributed by atoms with Crippen molar-refractivity contribution in [1.82, 2.24) is 10.3 Å². The van der Waals surface area contributed by atoms with Gasteiger partial charge in [-0.05, 0) is 31.0 Å². The number of thiazole rings is 1. The smallest absolute Gasteiger partial charge is 0.263 e. The van der Waals surface area contributed by atoms with Crippen molar-refractivity contribution in [3.05, 3.63) is 39.9 Å². The van der Waals surface area contributed by atoms with Gasteiger partial charge in [0.25, 0.3) is 10.0 Å². The molecule has 1 aromatic heterocycles. The minimum absolute atomic E-state index is 0.311. The zero-order chi connectivity index (χ0) is 14.3. The molecule has 7 heteroatoms. The molecule has 106 valence electrons. The number of rotatable bonds is 3. The third-order valence-corrected chi connectivity index (χ3v) is 5.83. The molecule has 1 aliphatic heterocycles. The number of aromatic nitrogens is 1. The average molecular weight is 309 g/mol. The zero-order valence-electron chi connectivity index (χ0n) is 11.2. The Hall–Kier alpha value is -1.44. The largest absolute Gasteiger partial charge is 0.306 e. The van der Waals surface area contributed by atoms with E-state index in [1.807, 2.05) is 19.1 Å². The molecule has 0 saturated heterocycles. The van der Waals surface area contributed by atoms with Crippen LogP contribution in [0, 0.1) is 13.8 Å². The van der Waals surface area contributed by atoms with E-state index >= 15 is 0 Å². The quantitative estimate of drug-likeness (QED) is 0.911. The Balaban J connectivity index is 1.93. The molecule has 0 spiro atoms. The van der Waals surface area contributed by atoms with Crippen molar-refractivity contribution in [3.8, 4) is 0 Å². The van der Waals surface area contributed by atoms with Gasteiger partial charge in [-0.25, -0.2) is 13.4 Å². The molecular weight excluding hydrogens is 294 g/mol. The Morgan fingerprint density at radius 3 is 2.85 bits per heavy atom. The second kappa shape index (κ2) is 4.83.